The second kappa shape index (κ2) is 4.09. The fourth-order valence-electron chi connectivity index (χ4n) is 0.751. The number of hydrogen-bond donors (Lipinski definition) is 0. The SMILES string of the molecule is CN(C)C=NS(=O)(=O)CC(C)(C)C. The van der Waals surface area contributed by atoms with E-state index in [0.717, 1.165) is 0 Å². The standard InChI is InChI=1S/C8H18N2O2S/c1-8(2,3)6-13(11,12)9-7-10(4)5/h7H,6H2,1-5H3. The largest absolute Gasteiger partial charge is 0.368 e. The minimum Gasteiger partial charge on any atom is -0.368 e. The van der Waals surface area contributed by atoms with Crippen molar-refractivity contribution >= 4 is 16.4 Å². The Kier molecular flexibility index (Phi) is 3.90. The van der Waals surface area contributed by atoms with Gasteiger partial charge in [0, 0.05) is 14.1 Å². The molecular formula is C8H18N2O2S. The molecule has 4 nitrogen and oxygen atoms in total. The Balaban J connectivity index is 4.44. The maximum Gasteiger partial charge on any atom is 0.254 e. The van der Waals surface area contributed by atoms with Gasteiger partial charge in [0.15, 0.2) is 0 Å². The molecule has 0 aliphatic rings. The zero-order valence-electron chi connectivity index (χ0n) is 8.90. The van der Waals surface area contributed by atoms with Crippen LogP contribution >= 0.6 is 0 Å². The summed E-state index contributed by atoms with van der Waals surface area (Å²) in [5.41, 5.74) is -0.248. The summed E-state index contributed by atoms with van der Waals surface area (Å²) in [6.45, 7) is 5.61. The molecular weight excluding hydrogens is 188 g/mol. The molecule has 0 aromatic heterocycles. The Bertz CT molecular complexity index is 273. The van der Waals surface area contributed by atoms with Crippen LogP contribution in [-0.2, 0) is 10.0 Å². The molecule has 0 saturated carbocycles. The molecule has 0 N–H and O–H groups in total. The topological polar surface area (TPSA) is 49.7 Å². The van der Waals surface area contributed by atoms with Crippen LogP contribution in [0.15, 0.2) is 4.40 Å². The van der Waals surface area contributed by atoms with Gasteiger partial charge in [-0.15, -0.1) is 0 Å². The van der Waals surface area contributed by atoms with Gasteiger partial charge < -0.3 is 4.90 Å². The van der Waals surface area contributed by atoms with Gasteiger partial charge in [0.2, 0.25) is 0 Å². The molecule has 0 atom stereocenters. The molecule has 78 valence electrons. The van der Waals surface area contributed by atoms with Gasteiger partial charge in [-0.25, -0.2) is 8.42 Å². The van der Waals surface area contributed by atoms with Crippen molar-refractivity contribution in [2.45, 2.75) is 20.8 Å². The lowest BCUT2D eigenvalue weighted by Gasteiger charge is -2.15. The van der Waals surface area contributed by atoms with Crippen LogP contribution in [0, 0.1) is 5.41 Å². The number of sulfonamides is 1. The molecule has 0 aliphatic heterocycles. The van der Waals surface area contributed by atoms with Crippen molar-refractivity contribution in [1.29, 1.82) is 0 Å². The summed E-state index contributed by atoms with van der Waals surface area (Å²) in [5, 5.41) is 0. The van der Waals surface area contributed by atoms with Crippen molar-refractivity contribution in [1.82, 2.24) is 4.90 Å². The molecule has 0 spiro atoms. The van der Waals surface area contributed by atoms with Crippen LogP contribution in [0.4, 0.5) is 0 Å². The lowest BCUT2D eigenvalue weighted by Crippen LogP contribution is -2.20. The summed E-state index contributed by atoms with van der Waals surface area (Å²) in [7, 11) is 0.158. The maximum absolute atomic E-state index is 11.3. The van der Waals surface area contributed by atoms with Crippen molar-refractivity contribution in [2.75, 3.05) is 19.8 Å². The molecule has 0 saturated heterocycles. The van der Waals surface area contributed by atoms with E-state index < -0.39 is 10.0 Å². The van der Waals surface area contributed by atoms with E-state index in [-0.39, 0.29) is 11.2 Å². The van der Waals surface area contributed by atoms with Gasteiger partial charge in [-0.2, -0.15) is 4.40 Å². The molecule has 13 heavy (non-hydrogen) atoms. The first kappa shape index (κ1) is 12.4. The third kappa shape index (κ3) is 7.77. The first-order valence-electron chi connectivity index (χ1n) is 4.07. The molecule has 0 unspecified atom stereocenters. The summed E-state index contributed by atoms with van der Waals surface area (Å²) in [6.07, 6.45) is 1.31. The lowest BCUT2D eigenvalue weighted by molar-refractivity contribution is 0.462. The highest BCUT2D eigenvalue weighted by Gasteiger charge is 2.20. The quantitative estimate of drug-likeness (QED) is 0.510. The van der Waals surface area contributed by atoms with E-state index in [4.69, 9.17) is 0 Å². The lowest BCUT2D eigenvalue weighted by atomic mass is 10.0. The molecule has 5 heteroatoms. The average molecular weight is 206 g/mol. The molecule has 0 heterocycles. The summed E-state index contributed by atoms with van der Waals surface area (Å²) in [4.78, 5) is 1.60. The van der Waals surface area contributed by atoms with Crippen molar-refractivity contribution in [3.63, 3.8) is 0 Å². The van der Waals surface area contributed by atoms with Crippen LogP contribution in [0.3, 0.4) is 0 Å². The van der Waals surface area contributed by atoms with Gasteiger partial charge in [-0.1, -0.05) is 20.8 Å². The van der Waals surface area contributed by atoms with E-state index in [1.165, 1.54) is 6.34 Å². The second-order valence-corrected chi connectivity index (χ2v) is 6.13. The van der Waals surface area contributed by atoms with E-state index in [1.54, 1.807) is 19.0 Å². The van der Waals surface area contributed by atoms with Crippen molar-refractivity contribution in [3.8, 4) is 0 Å². The zero-order chi connectivity index (χ0) is 10.7. The van der Waals surface area contributed by atoms with Crippen molar-refractivity contribution in [3.05, 3.63) is 0 Å². The Morgan fingerprint density at radius 2 is 1.77 bits per heavy atom. The van der Waals surface area contributed by atoms with Crippen LogP contribution in [0.5, 0.6) is 0 Å². The normalized spacial score (nSPS) is 13.6. The molecule has 0 aromatic rings. The van der Waals surface area contributed by atoms with Crippen molar-refractivity contribution < 1.29 is 8.42 Å². The van der Waals surface area contributed by atoms with E-state index >= 15 is 0 Å². The molecule has 0 fully saturated rings. The molecule has 0 rings (SSSR count). The van der Waals surface area contributed by atoms with Crippen LogP contribution in [0.25, 0.3) is 0 Å². The predicted octanol–water partition coefficient (Wildman–Crippen LogP) is 0.952. The van der Waals surface area contributed by atoms with Gasteiger partial charge in [0.25, 0.3) is 10.0 Å². The summed E-state index contributed by atoms with van der Waals surface area (Å²) >= 11 is 0. The van der Waals surface area contributed by atoms with Gasteiger partial charge in [-0.05, 0) is 5.41 Å². The van der Waals surface area contributed by atoms with Gasteiger partial charge in [0.1, 0.15) is 6.34 Å². The summed E-state index contributed by atoms with van der Waals surface area (Å²) in [5.74, 6) is 0.0737. The predicted molar refractivity (Wildman–Crippen MR) is 55.4 cm³/mol. The molecule has 0 radical (unpaired) electrons. The van der Waals surface area contributed by atoms with Crippen LogP contribution in [-0.4, -0.2) is 39.5 Å². The zero-order valence-corrected chi connectivity index (χ0v) is 9.72. The first-order chi connectivity index (χ1) is 5.62. The van der Waals surface area contributed by atoms with Gasteiger partial charge in [-0.3, -0.25) is 0 Å². The number of nitrogens with zero attached hydrogens (tertiary/aromatic N) is 2. The van der Waals surface area contributed by atoms with Crippen LogP contribution < -0.4 is 0 Å². The Labute approximate surface area is 80.7 Å². The Morgan fingerprint density at radius 3 is 2.08 bits per heavy atom. The van der Waals surface area contributed by atoms with Gasteiger partial charge in [0.05, 0.1) is 5.75 Å². The second-order valence-electron chi connectivity index (χ2n) is 4.47. The van der Waals surface area contributed by atoms with Gasteiger partial charge >= 0.3 is 0 Å². The Hall–Kier alpha value is -0.580. The minimum absolute atomic E-state index is 0.0737. The fourth-order valence-corrected chi connectivity index (χ4v) is 2.25. The van der Waals surface area contributed by atoms with E-state index in [0.29, 0.717) is 0 Å². The highest BCUT2D eigenvalue weighted by atomic mass is 32.2. The molecule has 0 aliphatic carbocycles. The Morgan fingerprint density at radius 1 is 1.31 bits per heavy atom. The molecule has 0 aromatic carbocycles. The van der Waals surface area contributed by atoms with Crippen molar-refractivity contribution in [2.24, 2.45) is 9.81 Å². The van der Waals surface area contributed by atoms with E-state index in [1.807, 2.05) is 20.8 Å². The summed E-state index contributed by atoms with van der Waals surface area (Å²) < 4.78 is 26.2. The maximum atomic E-state index is 11.3. The smallest absolute Gasteiger partial charge is 0.254 e. The minimum atomic E-state index is -3.31. The van der Waals surface area contributed by atoms with E-state index in [2.05, 4.69) is 4.40 Å². The monoisotopic (exact) mass is 206 g/mol. The molecule has 0 amide bonds. The summed E-state index contributed by atoms with van der Waals surface area (Å²) in [6, 6.07) is 0. The number of rotatable bonds is 3. The number of hydrogen-bond acceptors (Lipinski definition) is 2. The highest BCUT2D eigenvalue weighted by molar-refractivity contribution is 7.90. The average Bonchev–Trinajstić information content (AvgIpc) is 1.78. The molecule has 0 bridgehead atoms. The fraction of sp³-hybridized carbons (Fsp3) is 0.875. The van der Waals surface area contributed by atoms with Crippen LogP contribution in [0.1, 0.15) is 20.8 Å². The first-order valence-corrected chi connectivity index (χ1v) is 5.68. The highest BCUT2D eigenvalue weighted by Crippen LogP contribution is 2.16. The van der Waals surface area contributed by atoms with Crippen LogP contribution in [0.2, 0.25) is 0 Å². The third-order valence-electron chi connectivity index (χ3n) is 1.05. The van der Waals surface area contributed by atoms with E-state index in [9.17, 15) is 8.42 Å². The third-order valence-corrected chi connectivity index (χ3v) is 2.70.